The van der Waals surface area contributed by atoms with Crippen LogP contribution in [0.1, 0.15) is 25.8 Å². The van der Waals surface area contributed by atoms with Gasteiger partial charge >= 0.3 is 6.18 Å². The minimum atomic E-state index is -4.84. The maximum atomic E-state index is 13.2. The SMILES string of the molecule is C.O=C(CCN1CCN(c2ccc(Cl)cc2)CC1)N1CC[C@@H](Nc2ccc([N+](=O)[O-])c(C(F)(F)F)c2)C1. The maximum Gasteiger partial charge on any atom is 0.423 e. The van der Waals surface area contributed by atoms with E-state index in [1.807, 2.05) is 24.3 Å². The molecule has 202 valence electrons. The lowest BCUT2D eigenvalue weighted by atomic mass is 10.1. The van der Waals surface area contributed by atoms with Crippen LogP contribution < -0.4 is 10.2 Å². The van der Waals surface area contributed by atoms with Gasteiger partial charge in [0, 0.05) is 80.7 Å². The molecule has 2 aromatic carbocycles. The molecule has 0 aromatic heterocycles. The minimum absolute atomic E-state index is 0. The first kappa shape index (κ1) is 28.5. The molecule has 2 aromatic rings. The van der Waals surface area contributed by atoms with Gasteiger partial charge in [-0.2, -0.15) is 13.2 Å². The summed E-state index contributed by atoms with van der Waals surface area (Å²) in [6.45, 7) is 4.96. The molecule has 0 saturated carbocycles. The minimum Gasteiger partial charge on any atom is -0.380 e. The lowest BCUT2D eigenvalue weighted by Crippen LogP contribution is -2.47. The second-order valence-electron chi connectivity index (χ2n) is 9.01. The third kappa shape index (κ3) is 7.26. The fourth-order valence-corrected chi connectivity index (χ4v) is 4.77. The number of carbonyl (C=O) groups is 1. The summed E-state index contributed by atoms with van der Waals surface area (Å²) < 4.78 is 39.7. The average Bonchev–Trinajstić information content (AvgIpc) is 3.31. The van der Waals surface area contributed by atoms with Crippen molar-refractivity contribution in [2.24, 2.45) is 0 Å². The lowest BCUT2D eigenvalue weighted by molar-refractivity contribution is -0.388. The van der Waals surface area contributed by atoms with Gasteiger partial charge < -0.3 is 15.1 Å². The Morgan fingerprint density at radius 2 is 1.76 bits per heavy atom. The highest BCUT2D eigenvalue weighted by Gasteiger charge is 2.38. The van der Waals surface area contributed by atoms with Gasteiger partial charge in [-0.15, -0.1) is 0 Å². The van der Waals surface area contributed by atoms with Crippen LogP contribution in [0, 0.1) is 10.1 Å². The lowest BCUT2D eigenvalue weighted by Gasteiger charge is -2.36. The van der Waals surface area contributed by atoms with E-state index in [0.29, 0.717) is 37.5 Å². The molecular formula is C25H31ClF3N5O3. The molecule has 12 heteroatoms. The standard InChI is InChI=1S/C24H27ClF3N5O3.CH4/c25-17-1-4-20(5-2-17)31-13-11-30(12-14-31)9-8-23(34)32-10-7-19(16-32)29-18-3-6-22(33(35)36)21(15-18)24(26,27)28;/h1-6,15,19,29H,7-14,16H2;1H4/t19-;/m1./s1. The van der Waals surface area contributed by atoms with Crippen LogP contribution in [0.5, 0.6) is 0 Å². The quantitative estimate of drug-likeness (QED) is 0.387. The summed E-state index contributed by atoms with van der Waals surface area (Å²) in [4.78, 5) is 28.9. The van der Waals surface area contributed by atoms with Crippen molar-refractivity contribution in [2.75, 3.05) is 56.0 Å². The molecule has 0 spiro atoms. The second-order valence-corrected chi connectivity index (χ2v) is 9.45. The number of benzene rings is 2. The number of nitrogens with one attached hydrogen (secondary N) is 1. The summed E-state index contributed by atoms with van der Waals surface area (Å²) in [6.07, 6.45) is -3.87. The van der Waals surface area contributed by atoms with E-state index in [-0.39, 0.29) is 25.1 Å². The van der Waals surface area contributed by atoms with Crippen molar-refractivity contribution in [3.63, 3.8) is 0 Å². The molecule has 1 atom stereocenters. The zero-order chi connectivity index (χ0) is 25.9. The van der Waals surface area contributed by atoms with E-state index in [1.54, 1.807) is 4.90 Å². The molecule has 8 nitrogen and oxygen atoms in total. The first-order chi connectivity index (χ1) is 17.1. The van der Waals surface area contributed by atoms with Gasteiger partial charge in [0.2, 0.25) is 5.91 Å². The smallest absolute Gasteiger partial charge is 0.380 e. The zero-order valence-corrected chi connectivity index (χ0v) is 20.3. The molecule has 0 unspecified atom stereocenters. The maximum absolute atomic E-state index is 13.2. The molecule has 2 aliphatic rings. The fourth-order valence-electron chi connectivity index (χ4n) is 4.65. The number of alkyl halides is 3. The molecule has 0 bridgehead atoms. The number of likely N-dealkylation sites (tertiary alicyclic amines) is 1. The number of nitro groups is 1. The van der Waals surface area contributed by atoms with Gasteiger partial charge in [-0.3, -0.25) is 19.8 Å². The predicted octanol–water partition coefficient (Wildman–Crippen LogP) is 5.13. The van der Waals surface area contributed by atoms with E-state index in [9.17, 15) is 28.1 Å². The van der Waals surface area contributed by atoms with Gasteiger partial charge in [-0.1, -0.05) is 19.0 Å². The van der Waals surface area contributed by atoms with Gasteiger partial charge in [-0.05, 0) is 42.8 Å². The molecular weight excluding hydrogens is 511 g/mol. The zero-order valence-electron chi connectivity index (χ0n) is 19.5. The molecule has 0 aliphatic carbocycles. The predicted molar refractivity (Wildman–Crippen MR) is 138 cm³/mol. The molecule has 2 heterocycles. The molecule has 2 saturated heterocycles. The van der Waals surface area contributed by atoms with E-state index in [2.05, 4.69) is 15.1 Å². The molecule has 2 aliphatic heterocycles. The number of hydrogen-bond donors (Lipinski definition) is 1. The largest absolute Gasteiger partial charge is 0.423 e. The van der Waals surface area contributed by atoms with E-state index in [1.165, 1.54) is 6.07 Å². The number of hydrogen-bond acceptors (Lipinski definition) is 6. The monoisotopic (exact) mass is 541 g/mol. The third-order valence-electron chi connectivity index (χ3n) is 6.62. The topological polar surface area (TPSA) is 82.0 Å². The second kappa shape index (κ2) is 12.0. The van der Waals surface area contributed by atoms with E-state index >= 15 is 0 Å². The molecule has 1 N–H and O–H groups in total. The molecule has 4 rings (SSSR count). The number of carbonyl (C=O) groups excluding carboxylic acids is 1. The molecule has 2 fully saturated rings. The summed E-state index contributed by atoms with van der Waals surface area (Å²) in [6, 6.07) is 10.4. The summed E-state index contributed by atoms with van der Waals surface area (Å²) in [5.41, 5.74) is -1.00. The summed E-state index contributed by atoms with van der Waals surface area (Å²) >= 11 is 5.96. The fraction of sp³-hybridized carbons (Fsp3) is 0.480. The van der Waals surface area contributed by atoms with Crippen LogP contribution in [-0.2, 0) is 11.0 Å². The number of amides is 1. The molecule has 0 radical (unpaired) electrons. The van der Waals surface area contributed by atoms with Crippen LogP contribution in [0.3, 0.4) is 0 Å². The third-order valence-corrected chi connectivity index (χ3v) is 6.87. The Kier molecular flexibility index (Phi) is 9.25. The summed E-state index contributed by atoms with van der Waals surface area (Å²) in [5.74, 6) is 0.0131. The number of halogens is 4. The number of piperazine rings is 1. The van der Waals surface area contributed by atoms with E-state index in [0.717, 1.165) is 44.0 Å². The first-order valence-electron chi connectivity index (χ1n) is 11.7. The highest BCUT2D eigenvalue weighted by molar-refractivity contribution is 6.30. The Morgan fingerprint density at radius 3 is 2.38 bits per heavy atom. The normalized spacial score (nSPS) is 18.4. The number of nitrogens with zero attached hydrogens (tertiary/aromatic N) is 4. The van der Waals surface area contributed by atoms with Crippen LogP contribution in [0.4, 0.5) is 30.2 Å². The Hall–Kier alpha value is -3.05. The highest BCUT2D eigenvalue weighted by atomic mass is 35.5. The average molecular weight is 542 g/mol. The molecule has 1 amide bonds. The van der Waals surface area contributed by atoms with E-state index < -0.39 is 22.4 Å². The Bertz CT molecular complexity index is 1090. The summed E-state index contributed by atoms with van der Waals surface area (Å²) in [5, 5.41) is 14.6. The number of nitro benzene ring substituents is 1. The summed E-state index contributed by atoms with van der Waals surface area (Å²) in [7, 11) is 0. The molecule has 37 heavy (non-hydrogen) atoms. The van der Waals surface area contributed by atoms with Gasteiger partial charge in [0.25, 0.3) is 5.69 Å². The van der Waals surface area contributed by atoms with Crippen molar-refractivity contribution in [1.82, 2.24) is 9.80 Å². The Labute approximate surface area is 219 Å². The van der Waals surface area contributed by atoms with Crippen LogP contribution >= 0.6 is 11.6 Å². The van der Waals surface area contributed by atoms with Gasteiger partial charge in [0.05, 0.1) is 4.92 Å². The Morgan fingerprint density at radius 1 is 1.08 bits per heavy atom. The van der Waals surface area contributed by atoms with Crippen LogP contribution in [0.15, 0.2) is 42.5 Å². The van der Waals surface area contributed by atoms with Crippen molar-refractivity contribution in [3.05, 3.63) is 63.2 Å². The van der Waals surface area contributed by atoms with Crippen molar-refractivity contribution < 1.29 is 22.9 Å². The van der Waals surface area contributed by atoms with Crippen LogP contribution in [-0.4, -0.2) is 72.5 Å². The number of rotatable bonds is 7. The highest BCUT2D eigenvalue weighted by Crippen LogP contribution is 2.37. The van der Waals surface area contributed by atoms with Gasteiger partial charge in [0.1, 0.15) is 5.56 Å². The van der Waals surface area contributed by atoms with Crippen molar-refractivity contribution >= 4 is 34.6 Å². The van der Waals surface area contributed by atoms with Gasteiger partial charge in [-0.25, -0.2) is 0 Å². The van der Waals surface area contributed by atoms with E-state index in [4.69, 9.17) is 11.6 Å². The number of anilines is 2. The Balaban J connectivity index is 0.00000380. The first-order valence-corrected chi connectivity index (χ1v) is 12.1. The van der Waals surface area contributed by atoms with Crippen molar-refractivity contribution in [3.8, 4) is 0 Å². The van der Waals surface area contributed by atoms with Crippen molar-refractivity contribution in [2.45, 2.75) is 32.5 Å². The van der Waals surface area contributed by atoms with Crippen LogP contribution in [0.25, 0.3) is 0 Å². The van der Waals surface area contributed by atoms with Crippen molar-refractivity contribution in [1.29, 1.82) is 0 Å². The van der Waals surface area contributed by atoms with Gasteiger partial charge in [0.15, 0.2) is 0 Å². The van der Waals surface area contributed by atoms with Crippen LogP contribution in [0.2, 0.25) is 5.02 Å².